The van der Waals surface area contributed by atoms with Gasteiger partial charge < -0.3 is 9.47 Å². The molecule has 5 nitrogen and oxygen atoms in total. The van der Waals surface area contributed by atoms with Crippen molar-refractivity contribution in [1.29, 1.82) is 0 Å². The second-order valence-electron chi connectivity index (χ2n) is 6.67. The van der Waals surface area contributed by atoms with Crippen LogP contribution in [0.5, 0.6) is 0 Å². The van der Waals surface area contributed by atoms with Gasteiger partial charge in [-0.25, -0.2) is 18.4 Å². The summed E-state index contributed by atoms with van der Waals surface area (Å²) in [6.07, 6.45) is -0.955. The SMILES string of the molecule is CCC1CC(F)(F)C(C)[C@H](C(=O)OC)N1C(=O)OC(C)(C)C. The molecule has 0 aromatic heterocycles. The number of nitrogens with zero attached hydrogens (tertiary/aromatic N) is 1. The van der Waals surface area contributed by atoms with Gasteiger partial charge in [-0.3, -0.25) is 4.90 Å². The zero-order chi connectivity index (χ0) is 17.3. The summed E-state index contributed by atoms with van der Waals surface area (Å²) in [6, 6.07) is -2.13. The molecule has 0 spiro atoms. The number of ether oxygens (including phenoxy) is 2. The van der Waals surface area contributed by atoms with E-state index in [1.165, 1.54) is 6.92 Å². The minimum atomic E-state index is -3.04. The highest BCUT2D eigenvalue weighted by molar-refractivity contribution is 5.82. The summed E-state index contributed by atoms with van der Waals surface area (Å²) in [5.41, 5.74) is -0.779. The molecule has 1 rings (SSSR count). The molecule has 0 N–H and O–H groups in total. The van der Waals surface area contributed by atoms with E-state index >= 15 is 0 Å². The Hall–Kier alpha value is -1.40. The lowest BCUT2D eigenvalue weighted by Crippen LogP contribution is -2.63. The Kier molecular flexibility index (Phi) is 5.41. The third-order valence-electron chi connectivity index (χ3n) is 3.86. The minimum Gasteiger partial charge on any atom is -0.467 e. The molecule has 22 heavy (non-hydrogen) atoms. The maximum atomic E-state index is 14.2. The monoisotopic (exact) mass is 321 g/mol. The lowest BCUT2D eigenvalue weighted by molar-refractivity contribution is -0.175. The van der Waals surface area contributed by atoms with Crippen LogP contribution in [0.4, 0.5) is 13.6 Å². The lowest BCUT2D eigenvalue weighted by atomic mass is 9.82. The van der Waals surface area contributed by atoms with Crippen molar-refractivity contribution in [1.82, 2.24) is 4.90 Å². The van der Waals surface area contributed by atoms with Gasteiger partial charge in [0.15, 0.2) is 0 Å². The number of rotatable bonds is 2. The van der Waals surface area contributed by atoms with Crippen LogP contribution in [0, 0.1) is 5.92 Å². The number of amides is 1. The highest BCUT2D eigenvalue weighted by Gasteiger charge is 2.56. The van der Waals surface area contributed by atoms with Crippen LogP contribution in [0.2, 0.25) is 0 Å². The van der Waals surface area contributed by atoms with Crippen LogP contribution in [-0.2, 0) is 14.3 Å². The second kappa shape index (κ2) is 6.38. The molecular weight excluding hydrogens is 296 g/mol. The number of esters is 1. The largest absolute Gasteiger partial charge is 0.467 e. The molecule has 1 heterocycles. The Morgan fingerprint density at radius 3 is 2.27 bits per heavy atom. The number of hydrogen-bond acceptors (Lipinski definition) is 4. The molecule has 1 saturated heterocycles. The number of piperidine rings is 1. The molecule has 0 saturated carbocycles. The molecule has 1 aliphatic heterocycles. The van der Waals surface area contributed by atoms with Gasteiger partial charge in [0, 0.05) is 12.5 Å². The summed E-state index contributed by atoms with van der Waals surface area (Å²) in [5.74, 6) is -5.23. The molecule has 1 fully saturated rings. The number of carbonyl (C=O) groups is 2. The van der Waals surface area contributed by atoms with Crippen molar-refractivity contribution in [2.75, 3.05) is 7.11 Å². The van der Waals surface area contributed by atoms with Gasteiger partial charge in [0.1, 0.15) is 11.6 Å². The third kappa shape index (κ3) is 3.87. The van der Waals surface area contributed by atoms with E-state index in [1.54, 1.807) is 27.7 Å². The minimum absolute atomic E-state index is 0.301. The topological polar surface area (TPSA) is 55.8 Å². The Balaban J connectivity index is 3.21. The van der Waals surface area contributed by atoms with Crippen LogP contribution in [0.25, 0.3) is 0 Å². The summed E-state index contributed by atoms with van der Waals surface area (Å²) >= 11 is 0. The normalized spacial score (nSPS) is 28.2. The quantitative estimate of drug-likeness (QED) is 0.733. The van der Waals surface area contributed by atoms with Gasteiger partial charge in [-0.1, -0.05) is 13.8 Å². The summed E-state index contributed by atoms with van der Waals surface area (Å²) in [6.45, 7) is 8.00. The molecule has 0 aromatic carbocycles. The van der Waals surface area contributed by atoms with Crippen molar-refractivity contribution >= 4 is 12.1 Å². The molecule has 0 bridgehead atoms. The fourth-order valence-electron chi connectivity index (χ4n) is 2.65. The first-order chi connectivity index (χ1) is 9.94. The predicted octanol–water partition coefficient (Wildman–Crippen LogP) is 3.22. The highest BCUT2D eigenvalue weighted by atomic mass is 19.3. The van der Waals surface area contributed by atoms with Crippen LogP contribution in [0.3, 0.4) is 0 Å². The van der Waals surface area contributed by atoms with E-state index < -0.39 is 48.0 Å². The standard InChI is InChI=1S/C15H25F2NO4/c1-7-10-8-15(16,17)9(2)11(12(19)21-6)18(10)13(20)22-14(3,4)5/h9-11H,7-8H2,1-6H3/t9?,10?,11-/m1/s1. The highest BCUT2D eigenvalue weighted by Crippen LogP contribution is 2.42. The van der Waals surface area contributed by atoms with Crippen LogP contribution in [-0.4, -0.2) is 47.7 Å². The molecular formula is C15H25F2NO4. The first kappa shape index (κ1) is 18.6. The number of halogens is 2. The predicted molar refractivity (Wildman–Crippen MR) is 76.7 cm³/mol. The van der Waals surface area contributed by atoms with Crippen molar-refractivity contribution in [2.45, 2.75) is 71.1 Å². The Morgan fingerprint density at radius 2 is 1.86 bits per heavy atom. The number of methoxy groups -OCH3 is 1. The van der Waals surface area contributed by atoms with E-state index in [1.807, 2.05) is 0 Å². The van der Waals surface area contributed by atoms with Crippen LogP contribution < -0.4 is 0 Å². The zero-order valence-electron chi connectivity index (χ0n) is 14.0. The third-order valence-corrected chi connectivity index (χ3v) is 3.86. The first-order valence-electron chi connectivity index (χ1n) is 7.41. The lowest BCUT2D eigenvalue weighted by Gasteiger charge is -2.47. The maximum Gasteiger partial charge on any atom is 0.411 e. The van der Waals surface area contributed by atoms with Gasteiger partial charge >= 0.3 is 12.1 Å². The summed E-state index contributed by atoms with van der Waals surface area (Å²) in [4.78, 5) is 25.5. The Morgan fingerprint density at radius 1 is 1.32 bits per heavy atom. The molecule has 0 aliphatic carbocycles. The van der Waals surface area contributed by atoms with Crippen molar-refractivity contribution in [3.63, 3.8) is 0 Å². The first-order valence-corrected chi connectivity index (χ1v) is 7.41. The van der Waals surface area contributed by atoms with Crippen molar-refractivity contribution in [2.24, 2.45) is 5.92 Å². The average Bonchev–Trinajstić information content (AvgIpc) is 2.37. The molecule has 128 valence electrons. The van der Waals surface area contributed by atoms with Gasteiger partial charge in [0.25, 0.3) is 5.92 Å². The fraction of sp³-hybridized carbons (Fsp3) is 0.867. The van der Waals surface area contributed by atoms with Gasteiger partial charge in [-0.05, 0) is 27.2 Å². The van der Waals surface area contributed by atoms with Crippen LogP contribution in [0.15, 0.2) is 0 Å². The summed E-state index contributed by atoms with van der Waals surface area (Å²) < 4.78 is 38.3. The fourth-order valence-corrected chi connectivity index (χ4v) is 2.65. The van der Waals surface area contributed by atoms with Crippen LogP contribution in [0.1, 0.15) is 47.5 Å². The summed E-state index contributed by atoms with van der Waals surface area (Å²) in [5, 5.41) is 0. The molecule has 0 radical (unpaired) electrons. The van der Waals surface area contributed by atoms with E-state index in [4.69, 9.17) is 4.74 Å². The Labute approximate surface area is 129 Å². The molecule has 0 aromatic rings. The molecule has 3 atom stereocenters. The average molecular weight is 321 g/mol. The smallest absolute Gasteiger partial charge is 0.411 e. The molecule has 7 heteroatoms. The van der Waals surface area contributed by atoms with Gasteiger partial charge in [-0.15, -0.1) is 0 Å². The van der Waals surface area contributed by atoms with E-state index in [9.17, 15) is 18.4 Å². The zero-order valence-corrected chi connectivity index (χ0v) is 14.0. The number of likely N-dealkylation sites (tertiary alicyclic amines) is 1. The molecule has 1 aliphatic rings. The number of carbonyl (C=O) groups excluding carboxylic acids is 2. The van der Waals surface area contributed by atoms with Gasteiger partial charge in [-0.2, -0.15) is 0 Å². The van der Waals surface area contributed by atoms with E-state index in [0.29, 0.717) is 6.42 Å². The molecule has 1 amide bonds. The number of hydrogen-bond donors (Lipinski definition) is 0. The molecule has 2 unspecified atom stereocenters. The summed E-state index contributed by atoms with van der Waals surface area (Å²) in [7, 11) is 1.12. The van der Waals surface area contributed by atoms with E-state index in [0.717, 1.165) is 12.0 Å². The maximum absolute atomic E-state index is 14.2. The van der Waals surface area contributed by atoms with Crippen molar-refractivity contribution in [3.8, 4) is 0 Å². The van der Waals surface area contributed by atoms with Crippen molar-refractivity contribution in [3.05, 3.63) is 0 Å². The van der Waals surface area contributed by atoms with Crippen molar-refractivity contribution < 1.29 is 27.8 Å². The van der Waals surface area contributed by atoms with Crippen LogP contribution >= 0.6 is 0 Å². The Bertz CT molecular complexity index is 434. The van der Waals surface area contributed by atoms with E-state index in [2.05, 4.69) is 4.74 Å². The van der Waals surface area contributed by atoms with E-state index in [-0.39, 0.29) is 0 Å². The number of alkyl halides is 2. The van der Waals surface area contributed by atoms with Gasteiger partial charge in [0.2, 0.25) is 0 Å². The second-order valence-corrected chi connectivity index (χ2v) is 6.67. The van der Waals surface area contributed by atoms with Gasteiger partial charge in [0.05, 0.1) is 13.0 Å².